The summed E-state index contributed by atoms with van der Waals surface area (Å²) < 4.78 is 19.0. The van der Waals surface area contributed by atoms with Gasteiger partial charge in [0, 0.05) is 6.54 Å². The highest BCUT2D eigenvalue weighted by molar-refractivity contribution is 9.10. The number of benzene rings is 1. The smallest absolute Gasteiger partial charge is 0.169 e. The Morgan fingerprint density at radius 3 is 2.71 bits per heavy atom. The summed E-state index contributed by atoms with van der Waals surface area (Å²) in [5, 5.41) is 3.33. The van der Waals surface area contributed by atoms with Crippen LogP contribution in [0, 0.1) is 5.82 Å². The molecular weight excluding hydrogens is 308 g/mol. The highest BCUT2D eigenvalue weighted by Crippen LogP contribution is 2.16. The SMILES string of the molecule is Fc1ccc(CNCc2ccc(Br)o2)cc1Cl. The topological polar surface area (TPSA) is 25.2 Å². The predicted octanol–water partition coefficient (Wildman–Crippen LogP) is 4.12. The van der Waals surface area contributed by atoms with Crippen molar-refractivity contribution in [3.8, 4) is 0 Å². The van der Waals surface area contributed by atoms with Gasteiger partial charge in [0.25, 0.3) is 0 Å². The number of nitrogens with one attached hydrogen (secondary N) is 1. The van der Waals surface area contributed by atoms with E-state index in [1.165, 1.54) is 6.07 Å². The van der Waals surface area contributed by atoms with Crippen molar-refractivity contribution in [2.75, 3.05) is 0 Å². The van der Waals surface area contributed by atoms with Crippen LogP contribution in [0.15, 0.2) is 39.4 Å². The molecule has 1 aromatic carbocycles. The molecule has 0 aliphatic rings. The second kappa shape index (κ2) is 5.67. The maximum absolute atomic E-state index is 12.9. The number of furan rings is 1. The Hall–Kier alpha value is -0.840. The van der Waals surface area contributed by atoms with Gasteiger partial charge in [0.05, 0.1) is 11.6 Å². The van der Waals surface area contributed by atoms with Gasteiger partial charge in [-0.25, -0.2) is 4.39 Å². The lowest BCUT2D eigenvalue weighted by Crippen LogP contribution is -2.12. The number of rotatable bonds is 4. The first-order chi connectivity index (χ1) is 8.15. The van der Waals surface area contributed by atoms with Gasteiger partial charge < -0.3 is 9.73 Å². The number of hydrogen-bond acceptors (Lipinski definition) is 2. The zero-order valence-corrected chi connectivity index (χ0v) is 11.2. The first-order valence-electron chi connectivity index (χ1n) is 5.04. The fourth-order valence-electron chi connectivity index (χ4n) is 1.43. The van der Waals surface area contributed by atoms with E-state index >= 15 is 0 Å². The molecule has 5 heteroatoms. The third-order valence-electron chi connectivity index (χ3n) is 2.24. The Labute approximate surface area is 112 Å². The summed E-state index contributed by atoms with van der Waals surface area (Å²) in [6, 6.07) is 8.40. The second-order valence-corrected chi connectivity index (χ2v) is 4.75. The maximum atomic E-state index is 12.9. The van der Waals surface area contributed by atoms with Crippen LogP contribution in [0.25, 0.3) is 0 Å². The zero-order valence-electron chi connectivity index (χ0n) is 8.84. The van der Waals surface area contributed by atoms with E-state index in [0.29, 0.717) is 17.8 Å². The van der Waals surface area contributed by atoms with E-state index < -0.39 is 5.82 Å². The lowest BCUT2D eigenvalue weighted by molar-refractivity contribution is 0.465. The molecule has 90 valence electrons. The maximum Gasteiger partial charge on any atom is 0.169 e. The van der Waals surface area contributed by atoms with Crippen molar-refractivity contribution in [3.63, 3.8) is 0 Å². The van der Waals surface area contributed by atoms with Crippen LogP contribution >= 0.6 is 27.5 Å². The fourth-order valence-corrected chi connectivity index (χ4v) is 1.97. The van der Waals surface area contributed by atoms with Crippen LogP contribution in [0.1, 0.15) is 11.3 Å². The van der Waals surface area contributed by atoms with Crippen LogP contribution in [0.3, 0.4) is 0 Å². The summed E-state index contributed by atoms with van der Waals surface area (Å²) in [5.41, 5.74) is 0.932. The van der Waals surface area contributed by atoms with Gasteiger partial charge in [-0.2, -0.15) is 0 Å². The Morgan fingerprint density at radius 1 is 1.24 bits per heavy atom. The van der Waals surface area contributed by atoms with Gasteiger partial charge >= 0.3 is 0 Å². The molecule has 0 unspecified atom stereocenters. The standard InChI is InChI=1S/C12H10BrClFNO/c13-12-4-2-9(17-12)7-16-6-8-1-3-11(15)10(14)5-8/h1-5,16H,6-7H2. The molecule has 0 spiro atoms. The van der Waals surface area contributed by atoms with Crippen molar-refractivity contribution in [1.29, 1.82) is 0 Å². The largest absolute Gasteiger partial charge is 0.453 e. The Morgan fingerprint density at radius 2 is 2.06 bits per heavy atom. The highest BCUT2D eigenvalue weighted by Gasteiger charge is 2.02. The van der Waals surface area contributed by atoms with E-state index in [0.717, 1.165) is 11.3 Å². The fraction of sp³-hybridized carbons (Fsp3) is 0.167. The Kier molecular flexibility index (Phi) is 4.20. The summed E-state index contributed by atoms with van der Waals surface area (Å²) in [4.78, 5) is 0. The second-order valence-electron chi connectivity index (χ2n) is 3.56. The molecule has 2 nitrogen and oxygen atoms in total. The molecule has 0 amide bonds. The Bertz CT molecular complexity index is 515. The average Bonchev–Trinajstić information content (AvgIpc) is 2.70. The molecule has 1 N–H and O–H groups in total. The average molecular weight is 319 g/mol. The van der Waals surface area contributed by atoms with Crippen LogP contribution in [0.2, 0.25) is 5.02 Å². The minimum absolute atomic E-state index is 0.144. The molecule has 0 saturated carbocycles. The third kappa shape index (κ3) is 3.56. The minimum atomic E-state index is -0.398. The molecule has 0 fully saturated rings. The van der Waals surface area contributed by atoms with Gasteiger partial charge in [-0.1, -0.05) is 17.7 Å². The quantitative estimate of drug-likeness (QED) is 0.917. The summed E-state index contributed by atoms with van der Waals surface area (Å²) in [7, 11) is 0. The molecule has 2 rings (SSSR count). The molecule has 1 heterocycles. The van der Waals surface area contributed by atoms with E-state index in [9.17, 15) is 4.39 Å². The van der Waals surface area contributed by atoms with Crippen LogP contribution in [0.4, 0.5) is 4.39 Å². The first-order valence-corrected chi connectivity index (χ1v) is 6.21. The summed E-state index contributed by atoms with van der Waals surface area (Å²) in [6.07, 6.45) is 0. The van der Waals surface area contributed by atoms with Crippen LogP contribution in [-0.2, 0) is 13.1 Å². The van der Waals surface area contributed by atoms with Gasteiger partial charge in [0.2, 0.25) is 0 Å². The molecule has 0 bridgehead atoms. The van der Waals surface area contributed by atoms with E-state index in [4.69, 9.17) is 16.0 Å². The lowest BCUT2D eigenvalue weighted by Gasteiger charge is -2.04. The molecule has 0 aliphatic heterocycles. The third-order valence-corrected chi connectivity index (χ3v) is 2.96. The van der Waals surface area contributed by atoms with E-state index in [2.05, 4.69) is 21.2 Å². The van der Waals surface area contributed by atoms with Gasteiger partial charge in [-0.3, -0.25) is 0 Å². The molecule has 17 heavy (non-hydrogen) atoms. The molecule has 0 radical (unpaired) electrons. The van der Waals surface area contributed by atoms with Crippen molar-refractivity contribution in [2.45, 2.75) is 13.1 Å². The Balaban J connectivity index is 1.87. The van der Waals surface area contributed by atoms with Crippen molar-refractivity contribution >= 4 is 27.5 Å². The molecule has 0 atom stereocenters. The van der Waals surface area contributed by atoms with Gasteiger partial charge in [-0.05, 0) is 45.8 Å². The van der Waals surface area contributed by atoms with Crippen molar-refractivity contribution in [3.05, 3.63) is 57.2 Å². The van der Waals surface area contributed by atoms with Gasteiger partial charge in [0.1, 0.15) is 11.6 Å². The zero-order chi connectivity index (χ0) is 12.3. The summed E-state index contributed by atoms with van der Waals surface area (Å²) >= 11 is 8.92. The predicted molar refractivity (Wildman–Crippen MR) is 68.4 cm³/mol. The highest BCUT2D eigenvalue weighted by atomic mass is 79.9. The van der Waals surface area contributed by atoms with Gasteiger partial charge in [-0.15, -0.1) is 0 Å². The number of hydrogen-bond donors (Lipinski definition) is 1. The molecule has 1 aromatic heterocycles. The van der Waals surface area contributed by atoms with E-state index in [-0.39, 0.29) is 5.02 Å². The summed E-state index contributed by atoms with van der Waals surface area (Å²) in [5.74, 6) is 0.440. The van der Waals surface area contributed by atoms with Crippen molar-refractivity contribution < 1.29 is 8.81 Å². The molecular formula is C12H10BrClFNO. The first kappa shape index (κ1) is 12.6. The molecule has 0 saturated heterocycles. The van der Waals surface area contributed by atoms with Crippen molar-refractivity contribution in [1.82, 2.24) is 5.32 Å². The van der Waals surface area contributed by atoms with Crippen LogP contribution in [-0.4, -0.2) is 0 Å². The normalized spacial score (nSPS) is 10.8. The van der Waals surface area contributed by atoms with E-state index in [1.807, 2.05) is 12.1 Å². The van der Waals surface area contributed by atoms with Crippen molar-refractivity contribution in [2.24, 2.45) is 0 Å². The molecule has 0 aliphatic carbocycles. The minimum Gasteiger partial charge on any atom is -0.453 e. The lowest BCUT2D eigenvalue weighted by atomic mass is 10.2. The summed E-state index contributed by atoms with van der Waals surface area (Å²) in [6.45, 7) is 1.22. The number of halogens is 3. The molecule has 2 aromatic rings. The van der Waals surface area contributed by atoms with Crippen LogP contribution in [0.5, 0.6) is 0 Å². The van der Waals surface area contributed by atoms with Gasteiger partial charge in [0.15, 0.2) is 4.67 Å². The van der Waals surface area contributed by atoms with E-state index in [1.54, 1.807) is 12.1 Å². The van der Waals surface area contributed by atoms with Crippen LogP contribution < -0.4 is 5.32 Å². The monoisotopic (exact) mass is 317 g/mol.